The van der Waals surface area contributed by atoms with Crippen LogP contribution in [-0.4, -0.2) is 4.57 Å². The summed E-state index contributed by atoms with van der Waals surface area (Å²) in [6, 6.07) is 10.1. The molecule has 0 bridgehead atoms. The predicted molar refractivity (Wildman–Crippen MR) is 57.0 cm³/mol. The molecule has 2 aromatic rings. The summed E-state index contributed by atoms with van der Waals surface area (Å²) >= 11 is 0. The molecule has 1 heterocycles. The average molecular weight is 184 g/mol. The Morgan fingerprint density at radius 3 is 2.79 bits per heavy atom. The normalized spacial score (nSPS) is 10.4. The molecule has 0 amide bonds. The van der Waals surface area contributed by atoms with E-state index in [1.165, 1.54) is 11.2 Å². The predicted octanol–water partition coefficient (Wildman–Crippen LogP) is 2.61. The van der Waals surface area contributed by atoms with Gasteiger partial charge in [-0.2, -0.15) is 5.26 Å². The van der Waals surface area contributed by atoms with Crippen LogP contribution in [-0.2, 0) is 13.5 Å². The molecule has 0 fully saturated rings. The third-order valence-corrected chi connectivity index (χ3v) is 2.63. The number of hydrogen-bond donors (Lipinski definition) is 0. The molecule has 0 atom stereocenters. The molecular formula is C12H12N2. The fourth-order valence-corrected chi connectivity index (χ4v) is 1.82. The van der Waals surface area contributed by atoms with Gasteiger partial charge in [-0.05, 0) is 30.7 Å². The third-order valence-electron chi connectivity index (χ3n) is 2.63. The summed E-state index contributed by atoms with van der Waals surface area (Å²) in [7, 11) is 2.06. The van der Waals surface area contributed by atoms with Crippen molar-refractivity contribution in [1.29, 1.82) is 5.26 Å². The monoisotopic (exact) mass is 184 g/mol. The van der Waals surface area contributed by atoms with E-state index in [0.717, 1.165) is 17.4 Å². The molecule has 2 rings (SSSR count). The van der Waals surface area contributed by atoms with Crippen LogP contribution in [0.4, 0.5) is 0 Å². The number of hydrogen-bond acceptors (Lipinski definition) is 1. The Kier molecular flexibility index (Phi) is 2.01. The minimum atomic E-state index is 0.728. The number of nitriles is 1. The summed E-state index contributed by atoms with van der Waals surface area (Å²) in [5, 5.41) is 9.93. The fraction of sp³-hybridized carbons (Fsp3) is 0.250. The standard InChI is InChI=1S/C12H12N2/c1-3-11-7-10-6-9(8-13)4-5-12(10)14(11)2/h4-7H,3H2,1-2H3. The Hall–Kier alpha value is -1.75. The lowest BCUT2D eigenvalue weighted by Crippen LogP contribution is -1.92. The molecule has 0 N–H and O–H groups in total. The molecule has 0 aliphatic carbocycles. The summed E-state index contributed by atoms with van der Waals surface area (Å²) < 4.78 is 2.18. The van der Waals surface area contributed by atoms with Crippen molar-refractivity contribution < 1.29 is 0 Å². The molecule has 0 unspecified atom stereocenters. The van der Waals surface area contributed by atoms with Gasteiger partial charge in [-0.3, -0.25) is 0 Å². The van der Waals surface area contributed by atoms with Gasteiger partial charge in [-0.15, -0.1) is 0 Å². The van der Waals surface area contributed by atoms with Crippen molar-refractivity contribution in [2.75, 3.05) is 0 Å². The van der Waals surface area contributed by atoms with Gasteiger partial charge in [-0.25, -0.2) is 0 Å². The highest BCUT2D eigenvalue weighted by Crippen LogP contribution is 2.20. The molecule has 1 aromatic carbocycles. The van der Waals surface area contributed by atoms with Crippen LogP contribution in [0.25, 0.3) is 10.9 Å². The lowest BCUT2D eigenvalue weighted by molar-refractivity contribution is 0.865. The Labute approximate surface area is 83.4 Å². The van der Waals surface area contributed by atoms with Crippen molar-refractivity contribution in [3.63, 3.8) is 0 Å². The van der Waals surface area contributed by atoms with E-state index in [9.17, 15) is 0 Å². The molecule has 1 aromatic heterocycles. The summed E-state index contributed by atoms with van der Waals surface area (Å²) in [5.41, 5.74) is 3.22. The van der Waals surface area contributed by atoms with Crippen molar-refractivity contribution >= 4 is 10.9 Å². The second-order valence-corrected chi connectivity index (χ2v) is 3.43. The first-order chi connectivity index (χ1) is 6.76. The van der Waals surface area contributed by atoms with Crippen LogP contribution in [0.1, 0.15) is 18.2 Å². The van der Waals surface area contributed by atoms with E-state index in [1.54, 1.807) is 0 Å². The van der Waals surface area contributed by atoms with E-state index in [4.69, 9.17) is 5.26 Å². The molecule has 2 nitrogen and oxygen atoms in total. The highest BCUT2D eigenvalue weighted by Gasteiger charge is 2.04. The molecule has 70 valence electrons. The Balaban J connectivity index is 2.74. The first-order valence-electron chi connectivity index (χ1n) is 4.74. The zero-order chi connectivity index (χ0) is 10.1. The zero-order valence-electron chi connectivity index (χ0n) is 8.41. The van der Waals surface area contributed by atoms with Crippen molar-refractivity contribution in [1.82, 2.24) is 4.57 Å². The molecule has 14 heavy (non-hydrogen) atoms. The van der Waals surface area contributed by atoms with Crippen LogP contribution in [0.3, 0.4) is 0 Å². The quantitative estimate of drug-likeness (QED) is 0.669. The maximum absolute atomic E-state index is 8.77. The largest absolute Gasteiger partial charge is 0.348 e. The van der Waals surface area contributed by atoms with Crippen LogP contribution in [0, 0.1) is 11.3 Å². The van der Waals surface area contributed by atoms with E-state index in [1.807, 2.05) is 18.2 Å². The lowest BCUT2D eigenvalue weighted by atomic mass is 10.2. The minimum absolute atomic E-state index is 0.728. The lowest BCUT2D eigenvalue weighted by Gasteiger charge is -1.99. The van der Waals surface area contributed by atoms with E-state index in [2.05, 4.69) is 30.7 Å². The molecule has 0 spiro atoms. The van der Waals surface area contributed by atoms with Gasteiger partial charge in [0, 0.05) is 23.6 Å². The number of rotatable bonds is 1. The molecule has 0 radical (unpaired) electrons. The van der Waals surface area contributed by atoms with Crippen LogP contribution >= 0.6 is 0 Å². The van der Waals surface area contributed by atoms with Crippen LogP contribution in [0.15, 0.2) is 24.3 Å². The van der Waals surface area contributed by atoms with Crippen molar-refractivity contribution in [3.8, 4) is 6.07 Å². The van der Waals surface area contributed by atoms with E-state index >= 15 is 0 Å². The molecule has 0 saturated heterocycles. The zero-order valence-corrected chi connectivity index (χ0v) is 8.41. The SMILES string of the molecule is CCc1cc2cc(C#N)ccc2n1C. The van der Waals surface area contributed by atoms with Crippen LogP contribution < -0.4 is 0 Å². The highest BCUT2D eigenvalue weighted by atomic mass is 14.9. The topological polar surface area (TPSA) is 28.7 Å². The maximum atomic E-state index is 8.77. The van der Waals surface area contributed by atoms with Gasteiger partial charge in [0.25, 0.3) is 0 Å². The first-order valence-corrected chi connectivity index (χ1v) is 4.74. The fourth-order valence-electron chi connectivity index (χ4n) is 1.82. The van der Waals surface area contributed by atoms with Crippen molar-refractivity contribution in [2.45, 2.75) is 13.3 Å². The van der Waals surface area contributed by atoms with Crippen LogP contribution in [0.2, 0.25) is 0 Å². The summed E-state index contributed by atoms with van der Waals surface area (Å²) in [4.78, 5) is 0. The number of fused-ring (bicyclic) bond motifs is 1. The van der Waals surface area contributed by atoms with Gasteiger partial charge in [0.05, 0.1) is 11.6 Å². The Morgan fingerprint density at radius 2 is 2.14 bits per heavy atom. The smallest absolute Gasteiger partial charge is 0.0991 e. The Bertz CT molecular complexity index is 515. The second-order valence-electron chi connectivity index (χ2n) is 3.43. The van der Waals surface area contributed by atoms with Crippen molar-refractivity contribution in [3.05, 3.63) is 35.5 Å². The number of benzene rings is 1. The van der Waals surface area contributed by atoms with Gasteiger partial charge < -0.3 is 4.57 Å². The number of nitrogens with zero attached hydrogens (tertiary/aromatic N) is 2. The van der Waals surface area contributed by atoms with Gasteiger partial charge in [-0.1, -0.05) is 6.92 Å². The summed E-state index contributed by atoms with van der Waals surface area (Å²) in [6.45, 7) is 2.14. The van der Waals surface area contributed by atoms with E-state index in [-0.39, 0.29) is 0 Å². The average Bonchev–Trinajstić information content (AvgIpc) is 2.55. The molecule has 0 aliphatic heterocycles. The maximum Gasteiger partial charge on any atom is 0.0991 e. The molecule has 0 saturated carbocycles. The van der Waals surface area contributed by atoms with Crippen molar-refractivity contribution in [2.24, 2.45) is 7.05 Å². The van der Waals surface area contributed by atoms with Gasteiger partial charge >= 0.3 is 0 Å². The highest BCUT2D eigenvalue weighted by molar-refractivity contribution is 5.82. The minimum Gasteiger partial charge on any atom is -0.348 e. The van der Waals surface area contributed by atoms with E-state index < -0.39 is 0 Å². The van der Waals surface area contributed by atoms with Gasteiger partial charge in [0.15, 0.2) is 0 Å². The first kappa shape index (κ1) is 8.83. The molecule has 0 aliphatic rings. The van der Waals surface area contributed by atoms with Gasteiger partial charge in [0.2, 0.25) is 0 Å². The second kappa shape index (κ2) is 3.19. The molecule has 2 heteroatoms. The third kappa shape index (κ3) is 1.18. The molecular weight excluding hydrogens is 172 g/mol. The van der Waals surface area contributed by atoms with Crippen LogP contribution in [0.5, 0.6) is 0 Å². The number of aryl methyl sites for hydroxylation is 2. The van der Waals surface area contributed by atoms with E-state index in [0.29, 0.717) is 0 Å². The number of aromatic nitrogens is 1. The summed E-state index contributed by atoms with van der Waals surface area (Å²) in [5.74, 6) is 0. The van der Waals surface area contributed by atoms with Gasteiger partial charge in [0.1, 0.15) is 0 Å². The summed E-state index contributed by atoms with van der Waals surface area (Å²) in [6.07, 6.45) is 1.02. The Morgan fingerprint density at radius 1 is 1.36 bits per heavy atom.